The highest BCUT2D eigenvalue weighted by atomic mass is 16.7. The number of carbonyl (C=O) groups is 4. The lowest BCUT2D eigenvalue weighted by Crippen LogP contribution is -2.58. The van der Waals surface area contributed by atoms with Crippen LogP contribution in [-0.4, -0.2) is 79.0 Å². The molecule has 2 aromatic heterocycles. The van der Waals surface area contributed by atoms with Crippen molar-refractivity contribution in [3.05, 3.63) is 36.4 Å². The van der Waals surface area contributed by atoms with E-state index in [0.29, 0.717) is 17.8 Å². The van der Waals surface area contributed by atoms with Crippen LogP contribution in [0.5, 0.6) is 0 Å². The summed E-state index contributed by atoms with van der Waals surface area (Å²) in [5.74, 6) is -2.33. The monoisotopic (exact) mass is 618 g/mol. The van der Waals surface area contributed by atoms with Crippen LogP contribution in [0.4, 0.5) is 0 Å². The second-order valence-corrected chi connectivity index (χ2v) is 11.9. The highest BCUT2D eigenvalue weighted by Gasteiger charge is 2.31. The average molecular weight is 619 g/mol. The summed E-state index contributed by atoms with van der Waals surface area (Å²) in [6.45, 7) is 6.66. The quantitative estimate of drug-likeness (QED) is 0.0809. The molecule has 2 heterocycles. The van der Waals surface area contributed by atoms with Crippen LogP contribution in [0.3, 0.4) is 0 Å². The fraction of sp³-hybridized carbons (Fsp3) is 0.667. The molecule has 0 aromatic carbocycles. The van der Waals surface area contributed by atoms with Crippen LogP contribution in [0.1, 0.15) is 96.9 Å². The number of unbranched alkanes of at least 4 members (excludes halogenated alkanes) is 7. The van der Waals surface area contributed by atoms with Crippen molar-refractivity contribution in [2.45, 2.75) is 122 Å². The van der Waals surface area contributed by atoms with E-state index in [1.165, 1.54) is 44.5 Å². The minimum Gasteiger partial charge on any atom is -0.394 e. The number of nitrogens with one attached hydrogen (secondary N) is 6. The molecule has 0 saturated heterocycles. The minimum absolute atomic E-state index is 0.0127. The first kappa shape index (κ1) is 36.4. The number of amides is 4. The predicted octanol–water partition coefficient (Wildman–Crippen LogP) is 1.74. The largest absolute Gasteiger partial charge is 0.394 e. The molecule has 14 nitrogen and oxygen atoms in total. The van der Waals surface area contributed by atoms with Gasteiger partial charge in [-0.15, -0.1) is 0 Å². The van der Waals surface area contributed by atoms with E-state index in [1.807, 2.05) is 0 Å². The number of aliphatic hydroxyl groups is 1. The van der Waals surface area contributed by atoms with Gasteiger partial charge in [-0.1, -0.05) is 51.9 Å². The van der Waals surface area contributed by atoms with Gasteiger partial charge >= 0.3 is 0 Å². The second kappa shape index (κ2) is 19.5. The summed E-state index contributed by atoms with van der Waals surface area (Å²) in [6.07, 6.45) is 15.1. The number of hydrogen-bond acceptors (Lipinski definition) is 8. The molecular weight excluding hydrogens is 568 g/mol. The van der Waals surface area contributed by atoms with Gasteiger partial charge in [-0.05, 0) is 27.2 Å². The van der Waals surface area contributed by atoms with Crippen LogP contribution in [0.2, 0.25) is 0 Å². The minimum atomic E-state index is -1.34. The van der Waals surface area contributed by atoms with Crippen molar-refractivity contribution in [2.75, 3.05) is 6.61 Å². The van der Waals surface area contributed by atoms with Crippen molar-refractivity contribution in [3.8, 4) is 0 Å². The zero-order valence-corrected chi connectivity index (χ0v) is 26.4. The van der Waals surface area contributed by atoms with Gasteiger partial charge in [0.15, 0.2) is 0 Å². The Morgan fingerprint density at radius 2 is 1.27 bits per heavy atom. The van der Waals surface area contributed by atoms with Crippen LogP contribution in [0.15, 0.2) is 25.0 Å². The Hall–Kier alpha value is -3.78. The number of hydroxylamine groups is 1. The molecule has 0 aliphatic rings. The van der Waals surface area contributed by atoms with Crippen LogP contribution in [0.25, 0.3) is 0 Å². The fourth-order valence-corrected chi connectivity index (χ4v) is 4.35. The number of imidazole rings is 2. The van der Waals surface area contributed by atoms with E-state index in [4.69, 9.17) is 4.84 Å². The topological polar surface area (TPSA) is 203 Å². The molecule has 2 rings (SSSR count). The molecule has 0 spiro atoms. The van der Waals surface area contributed by atoms with Gasteiger partial charge in [-0.3, -0.25) is 24.0 Å². The molecule has 44 heavy (non-hydrogen) atoms. The predicted molar refractivity (Wildman–Crippen MR) is 164 cm³/mol. The SMILES string of the molecule is CCCCCCCCCCC(=O)N[C@@H](Cc1cnc[nH]1)C(=O)N[C@@H](Cc1cnc[nH]1)C(=O)N[C@@H](CO)C(=O)NOC(C)(C)C. The molecule has 0 saturated carbocycles. The average Bonchev–Trinajstić information content (AvgIpc) is 3.69. The molecule has 0 fully saturated rings. The van der Waals surface area contributed by atoms with Gasteiger partial charge in [-0.2, -0.15) is 0 Å². The first-order valence-corrected chi connectivity index (χ1v) is 15.5. The first-order valence-electron chi connectivity index (χ1n) is 15.5. The van der Waals surface area contributed by atoms with E-state index in [2.05, 4.69) is 48.3 Å². The molecule has 0 bridgehead atoms. The van der Waals surface area contributed by atoms with E-state index in [9.17, 15) is 24.3 Å². The molecule has 0 aliphatic heterocycles. The molecule has 7 N–H and O–H groups in total. The van der Waals surface area contributed by atoms with Gasteiger partial charge < -0.3 is 31.0 Å². The van der Waals surface area contributed by atoms with E-state index in [-0.39, 0.29) is 25.2 Å². The van der Waals surface area contributed by atoms with Crippen LogP contribution in [-0.2, 0) is 36.9 Å². The molecule has 3 atom stereocenters. The Balaban J connectivity index is 2.06. The van der Waals surface area contributed by atoms with Crippen molar-refractivity contribution in [1.29, 1.82) is 0 Å². The zero-order valence-electron chi connectivity index (χ0n) is 26.4. The van der Waals surface area contributed by atoms with Crippen molar-refractivity contribution < 1.29 is 29.1 Å². The normalized spacial score (nSPS) is 13.5. The number of carbonyl (C=O) groups excluding carboxylic acids is 4. The van der Waals surface area contributed by atoms with Crippen LogP contribution >= 0.6 is 0 Å². The van der Waals surface area contributed by atoms with Gasteiger partial charge in [-0.25, -0.2) is 15.4 Å². The Morgan fingerprint density at radius 3 is 1.75 bits per heavy atom. The Bertz CT molecular complexity index is 1120. The molecule has 0 radical (unpaired) electrons. The lowest BCUT2D eigenvalue weighted by molar-refractivity contribution is -0.150. The van der Waals surface area contributed by atoms with Crippen molar-refractivity contribution in [2.24, 2.45) is 0 Å². The number of aromatic amines is 2. The maximum absolute atomic E-state index is 13.5. The molecule has 0 unspecified atom stereocenters. The third kappa shape index (κ3) is 14.6. The maximum Gasteiger partial charge on any atom is 0.268 e. The summed E-state index contributed by atoms with van der Waals surface area (Å²) in [4.78, 5) is 71.3. The van der Waals surface area contributed by atoms with E-state index in [1.54, 1.807) is 27.0 Å². The van der Waals surface area contributed by atoms with E-state index in [0.717, 1.165) is 19.3 Å². The van der Waals surface area contributed by atoms with Gasteiger partial charge in [0, 0.05) is 43.0 Å². The Kier molecular flexibility index (Phi) is 16.1. The highest BCUT2D eigenvalue weighted by Crippen LogP contribution is 2.10. The second-order valence-electron chi connectivity index (χ2n) is 11.9. The summed E-state index contributed by atoms with van der Waals surface area (Å²) >= 11 is 0. The van der Waals surface area contributed by atoms with Gasteiger partial charge in [0.2, 0.25) is 17.7 Å². The summed E-state index contributed by atoms with van der Waals surface area (Å²) in [7, 11) is 0. The number of H-pyrrole nitrogens is 2. The molecule has 246 valence electrons. The third-order valence-electron chi connectivity index (χ3n) is 6.77. The number of nitrogens with zero attached hydrogens (tertiary/aromatic N) is 2. The first-order chi connectivity index (χ1) is 21.0. The van der Waals surface area contributed by atoms with Crippen LogP contribution in [0, 0.1) is 0 Å². The number of aliphatic hydroxyl groups excluding tert-OH is 1. The summed E-state index contributed by atoms with van der Waals surface area (Å²) in [5.41, 5.74) is 2.71. The van der Waals surface area contributed by atoms with Gasteiger partial charge in [0.25, 0.3) is 5.91 Å². The van der Waals surface area contributed by atoms with E-state index >= 15 is 0 Å². The third-order valence-corrected chi connectivity index (χ3v) is 6.77. The Morgan fingerprint density at radius 1 is 0.773 bits per heavy atom. The highest BCUT2D eigenvalue weighted by molar-refractivity contribution is 5.94. The van der Waals surface area contributed by atoms with Crippen molar-refractivity contribution >= 4 is 23.6 Å². The van der Waals surface area contributed by atoms with Crippen LogP contribution < -0.4 is 21.4 Å². The lowest BCUT2D eigenvalue weighted by atomic mass is 10.1. The standard InChI is InChI=1S/C30H50N8O6/c1-5-6-7-8-9-10-11-12-13-26(40)35-23(14-21-16-31-19-33-21)27(41)36-24(15-22-17-32-20-34-22)28(42)37-25(18-39)29(43)38-44-30(2,3)4/h16-17,19-20,23-25,39H,5-15,18H2,1-4H3,(H,31,33)(H,32,34)(H,35,40)(H,36,41)(H,37,42)(H,38,43)/t23-,24-,25-/m0/s1. The van der Waals surface area contributed by atoms with E-state index < -0.39 is 48.1 Å². The fourth-order valence-electron chi connectivity index (χ4n) is 4.35. The summed E-state index contributed by atoms with van der Waals surface area (Å²) in [5, 5.41) is 17.8. The number of hydrogen-bond donors (Lipinski definition) is 7. The molecule has 4 amide bonds. The summed E-state index contributed by atoms with van der Waals surface area (Å²) in [6, 6.07) is -3.49. The lowest BCUT2D eigenvalue weighted by Gasteiger charge is -2.25. The number of aromatic nitrogens is 4. The summed E-state index contributed by atoms with van der Waals surface area (Å²) < 4.78 is 0. The molecule has 14 heteroatoms. The smallest absolute Gasteiger partial charge is 0.268 e. The van der Waals surface area contributed by atoms with Crippen molar-refractivity contribution in [1.82, 2.24) is 41.4 Å². The van der Waals surface area contributed by atoms with Crippen molar-refractivity contribution in [3.63, 3.8) is 0 Å². The van der Waals surface area contributed by atoms with Gasteiger partial charge in [0.1, 0.15) is 18.1 Å². The van der Waals surface area contributed by atoms with Gasteiger partial charge in [0.05, 0.1) is 24.9 Å². The maximum atomic E-state index is 13.5. The molecule has 2 aromatic rings. The molecular formula is C30H50N8O6. The Labute approximate surface area is 259 Å². The molecule has 0 aliphatic carbocycles. The zero-order chi connectivity index (χ0) is 32.4. The number of rotatable bonds is 21.